The molecule has 0 aliphatic carbocycles. The number of hydrogen-bond acceptors (Lipinski definition) is 6. The summed E-state index contributed by atoms with van der Waals surface area (Å²) in [5.41, 5.74) is 0. The molecule has 0 saturated carbocycles. The predicted molar refractivity (Wildman–Crippen MR) is 270 cm³/mol. The number of carboxylic acid groups (broad SMARTS) is 1. The molecule has 64 heavy (non-hydrogen) atoms. The summed E-state index contributed by atoms with van der Waals surface area (Å²) in [5, 5.41) is 9.65. The van der Waals surface area contributed by atoms with Crippen molar-refractivity contribution in [2.45, 2.75) is 187 Å². The summed E-state index contributed by atoms with van der Waals surface area (Å²) in [4.78, 5) is 37.1. The Morgan fingerprint density at radius 2 is 0.875 bits per heavy atom. The zero-order chi connectivity index (χ0) is 47.0. The van der Waals surface area contributed by atoms with Crippen LogP contribution in [-0.2, 0) is 28.6 Å². The van der Waals surface area contributed by atoms with Crippen molar-refractivity contribution in [3.63, 3.8) is 0 Å². The lowest BCUT2D eigenvalue weighted by Gasteiger charge is -2.31. The van der Waals surface area contributed by atoms with Crippen LogP contribution in [0.2, 0.25) is 0 Å². The van der Waals surface area contributed by atoms with Gasteiger partial charge in [0.1, 0.15) is 6.61 Å². The van der Waals surface area contributed by atoms with Crippen molar-refractivity contribution in [3.05, 3.63) is 109 Å². The van der Waals surface area contributed by atoms with E-state index in [-0.39, 0.29) is 42.7 Å². The number of carbonyl (C=O) groups excluding carboxylic acids is 2. The first-order chi connectivity index (χ1) is 31.1. The highest BCUT2D eigenvalue weighted by atomic mass is 16.6. The average Bonchev–Trinajstić information content (AvgIpc) is 3.26. The Hall–Kier alpha value is -4.01. The lowest BCUT2D eigenvalue weighted by molar-refractivity contribution is -0.887. The van der Waals surface area contributed by atoms with Gasteiger partial charge in [0.05, 0.1) is 34.4 Å². The van der Waals surface area contributed by atoms with Gasteiger partial charge in [0.2, 0.25) is 0 Å². The quantitative estimate of drug-likeness (QED) is 0.0282. The van der Waals surface area contributed by atoms with E-state index in [1.807, 2.05) is 21.1 Å². The minimum atomic E-state index is -0.889. The second-order valence-electron chi connectivity index (χ2n) is 17.3. The minimum Gasteiger partial charge on any atom is -0.477 e. The van der Waals surface area contributed by atoms with E-state index in [0.29, 0.717) is 19.3 Å². The first kappa shape index (κ1) is 60.0. The summed E-state index contributed by atoms with van der Waals surface area (Å²) in [6.07, 6.45) is 62.8. The topological polar surface area (TPSA) is 99.1 Å². The van der Waals surface area contributed by atoms with Crippen LogP contribution >= 0.6 is 0 Å². The van der Waals surface area contributed by atoms with Crippen molar-refractivity contribution < 1.29 is 38.2 Å². The molecule has 1 N–H and O–H groups in total. The second-order valence-corrected chi connectivity index (χ2v) is 17.3. The van der Waals surface area contributed by atoms with Crippen LogP contribution in [0.15, 0.2) is 109 Å². The van der Waals surface area contributed by atoms with Crippen LogP contribution in [0, 0.1) is 0 Å². The average molecular weight is 891 g/mol. The van der Waals surface area contributed by atoms with Crippen molar-refractivity contribution in [2.75, 3.05) is 41.0 Å². The Kier molecular flexibility index (Phi) is 42.7. The highest BCUT2D eigenvalue weighted by Crippen LogP contribution is 2.12. The van der Waals surface area contributed by atoms with Crippen LogP contribution in [-0.4, -0.2) is 80.6 Å². The fourth-order valence-corrected chi connectivity index (χ4v) is 6.57. The number of carbonyl (C=O) groups is 3. The standard InChI is InChI=1S/C56H91NO7/c1-6-8-10-12-14-16-18-20-22-24-26-27-29-31-33-35-37-39-41-43-45-47-55(59)64-52(50-62-49-48-53(56(60)61)57(3,4)5)51-63-54(58)46-44-42-40-38-36-34-32-30-28-25-23-21-19-17-15-13-11-9-7-2/h9,11,14-17,20-23,26-28,30-31,33,37,39,52-53H,6-8,10,12-13,18-19,24-25,29,32,34-36,38,40-51H2,1-5H3/p+1/b11-9+,16-14+,17-15+,22-20+,23-21+,27-26+,30-28+,33-31+,39-37+. The molecule has 0 aliphatic heterocycles. The van der Waals surface area contributed by atoms with Gasteiger partial charge in [-0.1, -0.05) is 162 Å². The number of unbranched alkanes of at least 4 members (excludes halogenated alkanes) is 11. The maximum atomic E-state index is 12.8. The molecule has 0 radical (unpaired) electrons. The largest absolute Gasteiger partial charge is 0.477 e. The SMILES string of the molecule is CC/C=C/C/C=C/C/C=C/C/C=C/CCCCCCCCC(=O)OCC(COCCC(C(=O)O)[N+](C)(C)C)OC(=O)CCCC/C=C/C/C=C/C/C=C/C/C=C/C/C=C/CCCCC. The van der Waals surface area contributed by atoms with Crippen molar-refractivity contribution in [3.8, 4) is 0 Å². The maximum absolute atomic E-state index is 12.8. The predicted octanol–water partition coefficient (Wildman–Crippen LogP) is 14.4. The molecular formula is C56H92NO7+. The zero-order valence-electron chi connectivity index (χ0n) is 41.2. The number of ether oxygens (including phenoxy) is 3. The van der Waals surface area contributed by atoms with E-state index < -0.39 is 18.1 Å². The molecule has 0 bridgehead atoms. The van der Waals surface area contributed by atoms with Crippen LogP contribution in [0.5, 0.6) is 0 Å². The van der Waals surface area contributed by atoms with Crippen molar-refractivity contribution in [1.82, 2.24) is 0 Å². The molecule has 0 aromatic heterocycles. The molecule has 0 rings (SSSR count). The molecule has 0 heterocycles. The number of quaternary nitrogens is 1. The summed E-state index contributed by atoms with van der Waals surface area (Å²) in [6, 6.07) is -0.633. The Morgan fingerprint density at radius 1 is 0.484 bits per heavy atom. The van der Waals surface area contributed by atoms with Gasteiger partial charge in [-0.3, -0.25) is 9.59 Å². The third-order valence-corrected chi connectivity index (χ3v) is 10.4. The van der Waals surface area contributed by atoms with Gasteiger partial charge in [0.25, 0.3) is 0 Å². The van der Waals surface area contributed by atoms with Crippen LogP contribution in [0.4, 0.5) is 0 Å². The number of rotatable bonds is 43. The van der Waals surface area contributed by atoms with E-state index >= 15 is 0 Å². The molecule has 2 unspecified atom stereocenters. The van der Waals surface area contributed by atoms with E-state index in [0.717, 1.165) is 96.3 Å². The molecule has 8 nitrogen and oxygen atoms in total. The normalized spacial score (nSPS) is 13.8. The van der Waals surface area contributed by atoms with Crippen molar-refractivity contribution in [2.24, 2.45) is 0 Å². The summed E-state index contributed by atoms with van der Waals surface area (Å²) >= 11 is 0. The Labute approximate surface area is 391 Å². The van der Waals surface area contributed by atoms with E-state index in [2.05, 4.69) is 123 Å². The maximum Gasteiger partial charge on any atom is 0.362 e. The molecule has 362 valence electrons. The van der Waals surface area contributed by atoms with Gasteiger partial charge in [0, 0.05) is 19.3 Å². The van der Waals surface area contributed by atoms with E-state index in [4.69, 9.17) is 14.2 Å². The second kappa shape index (κ2) is 45.6. The first-order valence-electron chi connectivity index (χ1n) is 24.9. The summed E-state index contributed by atoms with van der Waals surface area (Å²) in [7, 11) is 5.50. The van der Waals surface area contributed by atoms with Gasteiger partial charge in [-0.2, -0.15) is 0 Å². The van der Waals surface area contributed by atoms with Gasteiger partial charge >= 0.3 is 17.9 Å². The third-order valence-electron chi connectivity index (χ3n) is 10.4. The molecule has 0 saturated heterocycles. The van der Waals surface area contributed by atoms with Crippen molar-refractivity contribution >= 4 is 17.9 Å². The molecule has 2 atom stereocenters. The molecule has 0 spiro atoms. The van der Waals surface area contributed by atoms with Gasteiger partial charge in [-0.05, 0) is 103 Å². The fraction of sp³-hybridized carbons (Fsp3) is 0.625. The molecule has 0 amide bonds. The zero-order valence-corrected chi connectivity index (χ0v) is 41.2. The minimum absolute atomic E-state index is 0.0314. The monoisotopic (exact) mass is 891 g/mol. The Balaban J connectivity index is 4.42. The van der Waals surface area contributed by atoms with E-state index in [9.17, 15) is 19.5 Å². The highest BCUT2D eigenvalue weighted by Gasteiger charge is 2.31. The van der Waals surface area contributed by atoms with E-state index in [1.165, 1.54) is 38.5 Å². The van der Waals surface area contributed by atoms with Crippen LogP contribution < -0.4 is 0 Å². The number of hydrogen-bond donors (Lipinski definition) is 1. The van der Waals surface area contributed by atoms with Crippen LogP contribution in [0.25, 0.3) is 0 Å². The van der Waals surface area contributed by atoms with Gasteiger partial charge in [-0.15, -0.1) is 0 Å². The number of likely N-dealkylation sites (N-methyl/N-ethyl adjacent to an activating group) is 1. The molecule has 0 aliphatic rings. The smallest absolute Gasteiger partial charge is 0.362 e. The fourth-order valence-electron chi connectivity index (χ4n) is 6.57. The van der Waals surface area contributed by atoms with Gasteiger partial charge in [-0.25, -0.2) is 4.79 Å². The Bertz CT molecular complexity index is 1410. The number of allylic oxidation sites excluding steroid dienone is 18. The van der Waals surface area contributed by atoms with Crippen LogP contribution in [0.1, 0.15) is 174 Å². The summed E-state index contributed by atoms with van der Waals surface area (Å²) in [5.74, 6) is -1.55. The van der Waals surface area contributed by atoms with Crippen molar-refractivity contribution in [1.29, 1.82) is 0 Å². The lowest BCUT2D eigenvalue weighted by atomic mass is 10.1. The lowest BCUT2D eigenvalue weighted by Crippen LogP contribution is -2.50. The molecule has 0 aromatic rings. The number of aliphatic carboxylic acids is 1. The Morgan fingerprint density at radius 3 is 1.33 bits per heavy atom. The van der Waals surface area contributed by atoms with Crippen LogP contribution in [0.3, 0.4) is 0 Å². The van der Waals surface area contributed by atoms with Gasteiger partial charge in [0.15, 0.2) is 12.1 Å². The summed E-state index contributed by atoms with van der Waals surface area (Å²) in [6.45, 7) is 4.52. The number of nitrogens with zero attached hydrogens (tertiary/aromatic N) is 1. The molecular weight excluding hydrogens is 799 g/mol. The number of carboxylic acids is 1. The third kappa shape index (κ3) is 43.3. The first-order valence-corrected chi connectivity index (χ1v) is 24.9. The summed E-state index contributed by atoms with van der Waals surface area (Å²) < 4.78 is 17.3. The highest BCUT2D eigenvalue weighted by molar-refractivity contribution is 5.72. The molecule has 0 aromatic carbocycles. The number of esters is 2. The molecule has 0 fully saturated rings. The molecule has 8 heteroatoms. The van der Waals surface area contributed by atoms with Gasteiger partial charge < -0.3 is 23.8 Å². The van der Waals surface area contributed by atoms with E-state index in [1.54, 1.807) is 0 Å².